The molecule has 1 N–H and O–H groups in total. The van der Waals surface area contributed by atoms with Gasteiger partial charge in [-0.2, -0.15) is 4.98 Å². The van der Waals surface area contributed by atoms with E-state index in [9.17, 15) is 13.2 Å². The van der Waals surface area contributed by atoms with E-state index in [1.165, 1.54) is 15.5 Å². The zero-order valence-electron chi connectivity index (χ0n) is 15.9. The van der Waals surface area contributed by atoms with Crippen molar-refractivity contribution in [3.05, 3.63) is 11.7 Å². The molecule has 1 saturated heterocycles. The van der Waals surface area contributed by atoms with Crippen LogP contribution in [0.3, 0.4) is 0 Å². The Kier molecular flexibility index (Phi) is 6.99. The minimum Gasteiger partial charge on any atom is -0.339 e. The molecule has 1 aliphatic heterocycles. The van der Waals surface area contributed by atoms with Crippen molar-refractivity contribution in [2.75, 3.05) is 32.9 Å². The third-order valence-electron chi connectivity index (χ3n) is 4.31. The van der Waals surface area contributed by atoms with E-state index in [-0.39, 0.29) is 18.5 Å². The van der Waals surface area contributed by atoms with E-state index in [1.807, 2.05) is 0 Å². The molecule has 9 nitrogen and oxygen atoms in total. The van der Waals surface area contributed by atoms with Gasteiger partial charge in [-0.1, -0.05) is 19.0 Å². The lowest BCUT2D eigenvalue weighted by atomic mass is 10.00. The highest BCUT2D eigenvalue weighted by Crippen LogP contribution is 2.18. The molecule has 10 heteroatoms. The van der Waals surface area contributed by atoms with Crippen LogP contribution in [0, 0.1) is 11.8 Å². The first kappa shape index (κ1) is 20.6. The van der Waals surface area contributed by atoms with Crippen LogP contribution in [-0.2, 0) is 23.0 Å². The number of urea groups is 1. The highest BCUT2D eigenvalue weighted by molar-refractivity contribution is 7.88. The molecule has 26 heavy (non-hydrogen) atoms. The summed E-state index contributed by atoms with van der Waals surface area (Å²) in [6.45, 7) is 5.85. The highest BCUT2D eigenvalue weighted by Gasteiger charge is 2.26. The van der Waals surface area contributed by atoms with Crippen LogP contribution in [0.5, 0.6) is 0 Å². The van der Waals surface area contributed by atoms with E-state index < -0.39 is 10.0 Å². The van der Waals surface area contributed by atoms with E-state index in [0.717, 1.165) is 12.8 Å². The number of piperidine rings is 1. The Morgan fingerprint density at radius 1 is 1.46 bits per heavy atom. The minimum absolute atomic E-state index is 0.124. The van der Waals surface area contributed by atoms with E-state index in [4.69, 9.17) is 4.52 Å². The Hall–Kier alpha value is -1.68. The second-order valence-electron chi connectivity index (χ2n) is 7.37. The molecule has 1 aromatic heterocycles. The Bertz CT molecular complexity index is 703. The number of aromatic nitrogens is 2. The number of hydrogen-bond acceptors (Lipinski definition) is 6. The van der Waals surface area contributed by atoms with Crippen molar-refractivity contribution in [1.82, 2.24) is 24.7 Å². The van der Waals surface area contributed by atoms with Gasteiger partial charge in [0.05, 0.1) is 12.8 Å². The SMILES string of the molecule is CC(C)Cc1nc(CN(C)C(=O)NC[C@@H]2CCCN(S(C)(=O)=O)C2)no1. The molecule has 0 saturated carbocycles. The molecule has 1 atom stereocenters. The number of carbonyl (C=O) groups is 1. The normalized spacial score (nSPS) is 18.9. The average Bonchev–Trinajstić information content (AvgIpc) is 2.98. The first-order chi connectivity index (χ1) is 12.1. The first-order valence-corrected chi connectivity index (χ1v) is 10.8. The third kappa shape index (κ3) is 6.24. The lowest BCUT2D eigenvalue weighted by Gasteiger charge is -2.31. The van der Waals surface area contributed by atoms with Crippen LogP contribution in [0.2, 0.25) is 0 Å². The summed E-state index contributed by atoms with van der Waals surface area (Å²) in [6.07, 6.45) is 3.64. The molecule has 0 unspecified atom stereocenters. The molecule has 2 heterocycles. The van der Waals surface area contributed by atoms with Crippen LogP contribution < -0.4 is 5.32 Å². The standard InChI is InChI=1S/C16H29N5O4S/c1-12(2)8-15-18-14(19-25-15)11-20(3)16(22)17-9-13-6-5-7-21(10-13)26(4,23)24/h12-13H,5-11H2,1-4H3,(H,17,22)/t13-/m0/s1. The topological polar surface area (TPSA) is 109 Å². The lowest BCUT2D eigenvalue weighted by Crippen LogP contribution is -2.45. The van der Waals surface area contributed by atoms with Gasteiger partial charge in [-0.3, -0.25) is 0 Å². The van der Waals surface area contributed by atoms with Crippen LogP contribution >= 0.6 is 0 Å². The quantitative estimate of drug-likeness (QED) is 0.750. The number of rotatable bonds is 7. The molecular weight excluding hydrogens is 358 g/mol. The molecule has 1 fully saturated rings. The summed E-state index contributed by atoms with van der Waals surface area (Å²) in [7, 11) is -1.51. The highest BCUT2D eigenvalue weighted by atomic mass is 32.2. The maximum atomic E-state index is 12.2. The molecular formula is C16H29N5O4S. The summed E-state index contributed by atoms with van der Waals surface area (Å²) in [4.78, 5) is 18.0. The second-order valence-corrected chi connectivity index (χ2v) is 9.36. The van der Waals surface area contributed by atoms with Gasteiger partial charge in [-0.05, 0) is 24.7 Å². The number of hydrogen-bond donors (Lipinski definition) is 1. The second kappa shape index (κ2) is 8.81. The Morgan fingerprint density at radius 3 is 2.85 bits per heavy atom. The summed E-state index contributed by atoms with van der Waals surface area (Å²) in [5, 5.41) is 6.76. The predicted octanol–water partition coefficient (Wildman–Crippen LogP) is 1.08. The van der Waals surface area contributed by atoms with E-state index >= 15 is 0 Å². The van der Waals surface area contributed by atoms with Gasteiger partial charge in [0.2, 0.25) is 15.9 Å². The fraction of sp³-hybridized carbons (Fsp3) is 0.812. The molecule has 1 aromatic rings. The minimum atomic E-state index is -3.18. The summed E-state index contributed by atoms with van der Waals surface area (Å²) < 4.78 is 30.0. The fourth-order valence-corrected chi connectivity index (χ4v) is 3.87. The van der Waals surface area contributed by atoms with Crippen molar-refractivity contribution in [2.45, 2.75) is 39.7 Å². The molecule has 2 amide bonds. The molecule has 0 radical (unpaired) electrons. The summed E-state index contributed by atoms with van der Waals surface area (Å²) in [6, 6.07) is -0.239. The van der Waals surface area contributed by atoms with Crippen molar-refractivity contribution in [3.8, 4) is 0 Å². The number of sulfonamides is 1. The van der Waals surface area contributed by atoms with Gasteiger partial charge >= 0.3 is 6.03 Å². The molecule has 1 aliphatic rings. The van der Waals surface area contributed by atoms with Crippen LogP contribution in [0.25, 0.3) is 0 Å². The monoisotopic (exact) mass is 387 g/mol. The maximum Gasteiger partial charge on any atom is 0.317 e. The third-order valence-corrected chi connectivity index (χ3v) is 5.58. The number of amides is 2. The van der Waals surface area contributed by atoms with Gasteiger partial charge in [-0.15, -0.1) is 0 Å². The number of nitrogens with zero attached hydrogens (tertiary/aromatic N) is 4. The predicted molar refractivity (Wildman–Crippen MR) is 96.8 cm³/mol. The van der Waals surface area contributed by atoms with Gasteiger partial charge < -0.3 is 14.7 Å². The summed E-state index contributed by atoms with van der Waals surface area (Å²) in [5.74, 6) is 1.59. The number of nitrogens with one attached hydrogen (secondary N) is 1. The van der Waals surface area contributed by atoms with Crippen molar-refractivity contribution in [2.24, 2.45) is 11.8 Å². The zero-order chi connectivity index (χ0) is 19.3. The van der Waals surface area contributed by atoms with Crippen LogP contribution in [0.15, 0.2) is 4.52 Å². The molecule has 2 rings (SSSR count). The maximum absolute atomic E-state index is 12.2. The average molecular weight is 388 g/mol. The Balaban J connectivity index is 1.79. The Labute approximate surface area is 155 Å². The summed E-state index contributed by atoms with van der Waals surface area (Å²) >= 11 is 0. The van der Waals surface area contributed by atoms with Crippen LogP contribution in [-0.4, -0.2) is 66.7 Å². The van der Waals surface area contributed by atoms with Crippen molar-refractivity contribution in [3.63, 3.8) is 0 Å². The van der Waals surface area contributed by atoms with E-state index in [2.05, 4.69) is 29.3 Å². The molecule has 0 aliphatic carbocycles. The largest absolute Gasteiger partial charge is 0.339 e. The van der Waals surface area contributed by atoms with Gasteiger partial charge in [0.15, 0.2) is 5.82 Å². The smallest absolute Gasteiger partial charge is 0.317 e. The fourth-order valence-electron chi connectivity index (χ4n) is 2.93. The molecule has 148 valence electrons. The zero-order valence-corrected chi connectivity index (χ0v) is 16.8. The van der Waals surface area contributed by atoms with Gasteiger partial charge in [0, 0.05) is 33.1 Å². The van der Waals surface area contributed by atoms with Crippen LogP contribution in [0.4, 0.5) is 4.79 Å². The van der Waals surface area contributed by atoms with Gasteiger partial charge in [-0.25, -0.2) is 17.5 Å². The van der Waals surface area contributed by atoms with E-state index in [1.54, 1.807) is 7.05 Å². The van der Waals surface area contributed by atoms with Gasteiger partial charge in [0.1, 0.15) is 0 Å². The van der Waals surface area contributed by atoms with Crippen LogP contribution in [0.1, 0.15) is 38.4 Å². The van der Waals surface area contributed by atoms with Crippen molar-refractivity contribution in [1.29, 1.82) is 0 Å². The molecule has 0 spiro atoms. The van der Waals surface area contributed by atoms with Crippen molar-refractivity contribution < 1.29 is 17.7 Å². The molecule has 0 bridgehead atoms. The number of carbonyl (C=O) groups excluding carboxylic acids is 1. The Morgan fingerprint density at radius 2 is 2.19 bits per heavy atom. The summed E-state index contributed by atoms with van der Waals surface area (Å²) in [5.41, 5.74) is 0. The lowest BCUT2D eigenvalue weighted by molar-refractivity contribution is 0.198. The van der Waals surface area contributed by atoms with Crippen molar-refractivity contribution >= 4 is 16.1 Å². The van der Waals surface area contributed by atoms with Gasteiger partial charge in [0.25, 0.3) is 0 Å². The van der Waals surface area contributed by atoms with E-state index in [0.29, 0.717) is 43.7 Å². The molecule has 0 aromatic carbocycles. The first-order valence-electron chi connectivity index (χ1n) is 8.90.